The molecule has 120 valence electrons. The summed E-state index contributed by atoms with van der Waals surface area (Å²) >= 11 is 0. The summed E-state index contributed by atoms with van der Waals surface area (Å²) < 4.78 is 0. The number of nitrogens with one attached hydrogen (secondary N) is 1. The topological polar surface area (TPSA) is 39.1 Å². The van der Waals surface area contributed by atoms with Crippen molar-refractivity contribution in [2.45, 2.75) is 77.3 Å². The highest BCUT2D eigenvalue weighted by Gasteiger charge is 2.42. The first-order valence-corrected chi connectivity index (χ1v) is 9.01. The molecule has 1 aliphatic heterocycles. The van der Waals surface area contributed by atoms with Crippen LogP contribution in [0.3, 0.4) is 0 Å². The van der Waals surface area contributed by atoms with Crippen LogP contribution >= 0.6 is 0 Å². The van der Waals surface area contributed by atoms with Crippen LogP contribution in [0, 0.1) is 23.2 Å². The number of hydrogen-bond acceptors (Lipinski definition) is 3. The van der Waals surface area contributed by atoms with Crippen LogP contribution in [0.15, 0.2) is 0 Å². The van der Waals surface area contributed by atoms with Gasteiger partial charge >= 0.3 is 0 Å². The third-order valence-corrected chi connectivity index (χ3v) is 5.72. The molecule has 1 saturated carbocycles. The highest BCUT2D eigenvalue weighted by Crippen LogP contribution is 2.38. The van der Waals surface area contributed by atoms with Crippen LogP contribution in [0.5, 0.6) is 0 Å². The molecule has 2 aliphatic rings. The van der Waals surface area contributed by atoms with E-state index in [-0.39, 0.29) is 5.54 Å². The summed E-state index contributed by atoms with van der Waals surface area (Å²) in [6, 6.07) is 3.37. The molecule has 0 aromatic heterocycles. The molecule has 1 aliphatic carbocycles. The largest absolute Gasteiger partial charge is 0.300 e. The van der Waals surface area contributed by atoms with Crippen molar-refractivity contribution in [3.63, 3.8) is 0 Å². The van der Waals surface area contributed by atoms with Gasteiger partial charge in [-0.3, -0.25) is 5.32 Å². The number of nitrogens with zero attached hydrogens (tertiary/aromatic N) is 2. The lowest BCUT2D eigenvalue weighted by atomic mass is 9.85. The predicted molar refractivity (Wildman–Crippen MR) is 88.0 cm³/mol. The van der Waals surface area contributed by atoms with Crippen LogP contribution in [0.25, 0.3) is 0 Å². The second-order valence-electron chi connectivity index (χ2n) is 7.41. The maximum atomic E-state index is 9.72. The Bertz CT molecular complexity index is 362. The Morgan fingerprint density at radius 1 is 1.29 bits per heavy atom. The average Bonchev–Trinajstić information content (AvgIpc) is 2.89. The van der Waals surface area contributed by atoms with E-state index in [1.807, 2.05) is 0 Å². The number of rotatable bonds is 6. The summed E-state index contributed by atoms with van der Waals surface area (Å²) in [6.07, 6.45) is 8.48. The van der Waals surface area contributed by atoms with Gasteiger partial charge in [-0.05, 0) is 70.4 Å². The highest BCUT2D eigenvalue weighted by molar-refractivity contribution is 5.14. The Hall–Kier alpha value is -0.590. The molecular formula is C18H33N3. The van der Waals surface area contributed by atoms with Crippen LogP contribution in [0.1, 0.15) is 65.7 Å². The van der Waals surface area contributed by atoms with Gasteiger partial charge in [0.05, 0.1) is 6.07 Å². The number of hydrogen-bond donors (Lipinski definition) is 1. The molecule has 2 fully saturated rings. The standard InChI is InChI=1S/C18H33N3/c1-4-11-20-18(14-19)10-5-6-17(18)9-12-21-13-15(2)7-8-16(21)3/h15-17,20H,4-13H2,1-3H3. The number of piperidine rings is 1. The Morgan fingerprint density at radius 3 is 2.81 bits per heavy atom. The normalized spacial score (nSPS) is 37.5. The molecule has 0 spiro atoms. The lowest BCUT2D eigenvalue weighted by molar-refractivity contribution is 0.112. The summed E-state index contributed by atoms with van der Waals surface area (Å²) in [4.78, 5) is 2.66. The maximum absolute atomic E-state index is 9.72. The van der Waals surface area contributed by atoms with Gasteiger partial charge in [0, 0.05) is 12.6 Å². The quantitative estimate of drug-likeness (QED) is 0.813. The molecule has 1 saturated heterocycles. The van der Waals surface area contributed by atoms with Crippen molar-refractivity contribution in [1.29, 1.82) is 5.26 Å². The Labute approximate surface area is 131 Å². The Balaban J connectivity index is 1.90. The van der Waals surface area contributed by atoms with Crippen molar-refractivity contribution in [3.05, 3.63) is 0 Å². The monoisotopic (exact) mass is 291 g/mol. The van der Waals surface area contributed by atoms with Gasteiger partial charge in [-0.1, -0.05) is 20.3 Å². The van der Waals surface area contributed by atoms with E-state index in [0.29, 0.717) is 5.92 Å². The SMILES string of the molecule is CCCNC1(C#N)CCCC1CCN1CC(C)CCC1C. The fraction of sp³-hybridized carbons (Fsp3) is 0.944. The number of likely N-dealkylation sites (tertiary alicyclic amines) is 1. The van der Waals surface area contributed by atoms with E-state index in [2.05, 4.69) is 37.1 Å². The van der Waals surface area contributed by atoms with E-state index in [9.17, 15) is 5.26 Å². The molecule has 0 aromatic carbocycles. The van der Waals surface area contributed by atoms with E-state index >= 15 is 0 Å². The van der Waals surface area contributed by atoms with Crippen molar-refractivity contribution in [2.75, 3.05) is 19.6 Å². The molecule has 2 rings (SSSR count). The summed E-state index contributed by atoms with van der Waals surface area (Å²) in [6.45, 7) is 10.3. The molecule has 3 heteroatoms. The molecule has 1 heterocycles. The van der Waals surface area contributed by atoms with Crippen molar-refractivity contribution in [2.24, 2.45) is 11.8 Å². The van der Waals surface area contributed by atoms with E-state index in [0.717, 1.165) is 31.3 Å². The molecule has 0 radical (unpaired) electrons. The van der Waals surface area contributed by atoms with Gasteiger partial charge in [0.15, 0.2) is 0 Å². The van der Waals surface area contributed by atoms with Crippen LogP contribution < -0.4 is 5.32 Å². The van der Waals surface area contributed by atoms with E-state index in [1.165, 1.54) is 45.2 Å². The Morgan fingerprint density at radius 2 is 2.10 bits per heavy atom. The molecule has 0 aromatic rings. The summed E-state index contributed by atoms with van der Waals surface area (Å²) in [5.41, 5.74) is -0.235. The molecule has 3 nitrogen and oxygen atoms in total. The van der Waals surface area contributed by atoms with Crippen molar-refractivity contribution >= 4 is 0 Å². The van der Waals surface area contributed by atoms with Crippen molar-refractivity contribution < 1.29 is 0 Å². The van der Waals surface area contributed by atoms with Crippen molar-refractivity contribution in [1.82, 2.24) is 10.2 Å². The summed E-state index contributed by atoms with van der Waals surface area (Å²) in [5.74, 6) is 1.38. The highest BCUT2D eigenvalue weighted by atomic mass is 15.2. The molecular weight excluding hydrogens is 258 g/mol. The fourth-order valence-corrected chi connectivity index (χ4v) is 4.25. The summed E-state index contributed by atoms with van der Waals surface area (Å²) in [7, 11) is 0. The minimum absolute atomic E-state index is 0.235. The zero-order valence-electron chi connectivity index (χ0n) is 14.2. The lowest BCUT2D eigenvalue weighted by Gasteiger charge is -2.38. The molecule has 0 amide bonds. The van der Waals surface area contributed by atoms with Crippen LogP contribution in [0.4, 0.5) is 0 Å². The molecule has 4 atom stereocenters. The van der Waals surface area contributed by atoms with Gasteiger partial charge in [0.1, 0.15) is 5.54 Å². The second-order valence-corrected chi connectivity index (χ2v) is 7.41. The van der Waals surface area contributed by atoms with E-state index in [1.54, 1.807) is 0 Å². The molecule has 1 N–H and O–H groups in total. The lowest BCUT2D eigenvalue weighted by Crippen LogP contribution is -2.49. The third kappa shape index (κ3) is 3.99. The van der Waals surface area contributed by atoms with E-state index in [4.69, 9.17) is 0 Å². The third-order valence-electron chi connectivity index (χ3n) is 5.72. The van der Waals surface area contributed by atoms with Crippen LogP contribution in [-0.2, 0) is 0 Å². The summed E-state index contributed by atoms with van der Waals surface area (Å²) in [5, 5.41) is 13.3. The minimum Gasteiger partial charge on any atom is -0.300 e. The second kappa shape index (κ2) is 7.61. The first-order valence-electron chi connectivity index (χ1n) is 9.01. The first kappa shape index (κ1) is 16.8. The van der Waals surface area contributed by atoms with Gasteiger partial charge in [0.25, 0.3) is 0 Å². The zero-order chi connectivity index (χ0) is 15.3. The fourth-order valence-electron chi connectivity index (χ4n) is 4.25. The van der Waals surface area contributed by atoms with Crippen LogP contribution in [-0.4, -0.2) is 36.1 Å². The smallest absolute Gasteiger partial charge is 0.109 e. The molecule has 4 unspecified atom stereocenters. The molecule has 21 heavy (non-hydrogen) atoms. The van der Waals surface area contributed by atoms with Gasteiger partial charge in [-0.15, -0.1) is 0 Å². The zero-order valence-corrected chi connectivity index (χ0v) is 14.2. The van der Waals surface area contributed by atoms with Gasteiger partial charge in [-0.2, -0.15) is 5.26 Å². The van der Waals surface area contributed by atoms with Gasteiger partial charge in [-0.25, -0.2) is 0 Å². The number of nitriles is 1. The van der Waals surface area contributed by atoms with Crippen LogP contribution in [0.2, 0.25) is 0 Å². The predicted octanol–water partition coefficient (Wildman–Crippen LogP) is 3.56. The van der Waals surface area contributed by atoms with E-state index < -0.39 is 0 Å². The first-order chi connectivity index (χ1) is 10.1. The Kier molecular flexibility index (Phi) is 6.08. The van der Waals surface area contributed by atoms with Gasteiger partial charge < -0.3 is 4.90 Å². The minimum atomic E-state index is -0.235. The molecule has 0 bridgehead atoms. The average molecular weight is 291 g/mol. The van der Waals surface area contributed by atoms with Gasteiger partial charge in [0.2, 0.25) is 0 Å². The maximum Gasteiger partial charge on any atom is 0.109 e. The van der Waals surface area contributed by atoms with Crippen molar-refractivity contribution in [3.8, 4) is 6.07 Å².